The fourth-order valence-corrected chi connectivity index (χ4v) is 5.44. The molecule has 0 saturated carbocycles. The molecule has 188 valence electrons. The highest BCUT2D eigenvalue weighted by Crippen LogP contribution is 2.24. The molecule has 1 fully saturated rings. The largest absolute Gasteiger partial charge is 0.497 e. The summed E-state index contributed by atoms with van der Waals surface area (Å²) < 4.78 is 39.5. The van der Waals surface area contributed by atoms with Gasteiger partial charge in [-0.2, -0.15) is 4.31 Å². The summed E-state index contributed by atoms with van der Waals surface area (Å²) in [6, 6.07) is 24.3. The van der Waals surface area contributed by atoms with Crippen LogP contribution in [0.2, 0.25) is 0 Å². The van der Waals surface area contributed by atoms with Crippen LogP contribution in [0.25, 0.3) is 0 Å². The second kappa shape index (κ2) is 12.2. The van der Waals surface area contributed by atoms with E-state index in [1.165, 1.54) is 4.31 Å². The SMILES string of the molecule is COc1ccc(C(C#CCN(Cc2ccccc2)S(=O)(=O)c2ccc(C)cc2)N2CCOCC2)cc1. The van der Waals surface area contributed by atoms with Crippen LogP contribution >= 0.6 is 0 Å². The van der Waals surface area contributed by atoms with Gasteiger partial charge in [-0.1, -0.05) is 72.0 Å². The highest BCUT2D eigenvalue weighted by molar-refractivity contribution is 7.89. The fourth-order valence-electron chi connectivity index (χ4n) is 4.11. The highest BCUT2D eigenvalue weighted by Gasteiger charge is 2.25. The topological polar surface area (TPSA) is 59.1 Å². The molecule has 1 heterocycles. The number of methoxy groups -OCH3 is 1. The fraction of sp³-hybridized carbons (Fsp3) is 0.310. The summed E-state index contributed by atoms with van der Waals surface area (Å²) in [4.78, 5) is 2.54. The first-order valence-corrected chi connectivity index (χ1v) is 13.5. The number of rotatable bonds is 8. The first-order valence-electron chi connectivity index (χ1n) is 12.0. The van der Waals surface area contributed by atoms with Gasteiger partial charge < -0.3 is 9.47 Å². The molecule has 3 aromatic rings. The van der Waals surface area contributed by atoms with Gasteiger partial charge in [0.15, 0.2) is 0 Å². The lowest BCUT2D eigenvalue weighted by Crippen LogP contribution is -2.38. The minimum atomic E-state index is -3.73. The van der Waals surface area contributed by atoms with Crippen LogP contribution < -0.4 is 4.74 Å². The first kappa shape index (κ1) is 25.9. The van der Waals surface area contributed by atoms with Gasteiger partial charge in [0, 0.05) is 19.6 Å². The Bertz CT molecular complexity index is 1280. The molecule has 1 saturated heterocycles. The van der Waals surface area contributed by atoms with Crippen LogP contribution in [0.4, 0.5) is 0 Å². The number of aryl methyl sites for hydroxylation is 1. The molecule has 0 radical (unpaired) electrons. The molecular formula is C29H32N2O4S. The Morgan fingerprint density at radius 2 is 1.64 bits per heavy atom. The molecular weight excluding hydrogens is 472 g/mol. The average Bonchev–Trinajstić information content (AvgIpc) is 2.92. The Hall–Kier alpha value is -3.15. The molecule has 0 aliphatic carbocycles. The number of hydrogen-bond donors (Lipinski definition) is 0. The lowest BCUT2D eigenvalue weighted by atomic mass is 10.0. The van der Waals surface area contributed by atoms with Crippen molar-refractivity contribution in [2.45, 2.75) is 24.4 Å². The number of ether oxygens (including phenoxy) is 2. The molecule has 6 nitrogen and oxygen atoms in total. The summed E-state index contributed by atoms with van der Waals surface area (Å²) >= 11 is 0. The number of hydrogen-bond acceptors (Lipinski definition) is 5. The third kappa shape index (κ3) is 6.54. The van der Waals surface area contributed by atoms with E-state index in [-0.39, 0.29) is 24.0 Å². The van der Waals surface area contributed by atoms with E-state index in [2.05, 4.69) is 16.7 Å². The Balaban J connectivity index is 1.63. The van der Waals surface area contributed by atoms with E-state index in [1.54, 1.807) is 19.2 Å². The molecule has 4 rings (SSSR count). The molecule has 0 aromatic heterocycles. The third-order valence-electron chi connectivity index (χ3n) is 6.20. The normalized spacial score (nSPS) is 15.2. The quantitative estimate of drug-likeness (QED) is 0.429. The summed E-state index contributed by atoms with van der Waals surface area (Å²) in [6.07, 6.45) is 0. The van der Waals surface area contributed by atoms with Gasteiger partial charge in [-0.15, -0.1) is 0 Å². The van der Waals surface area contributed by atoms with Crippen molar-refractivity contribution in [3.8, 4) is 17.6 Å². The predicted octanol–water partition coefficient (Wildman–Crippen LogP) is 4.27. The van der Waals surface area contributed by atoms with Gasteiger partial charge in [-0.05, 0) is 42.3 Å². The Kier molecular flexibility index (Phi) is 8.79. The maximum atomic E-state index is 13.6. The van der Waals surface area contributed by atoms with E-state index in [4.69, 9.17) is 9.47 Å². The van der Waals surface area contributed by atoms with Crippen molar-refractivity contribution in [2.24, 2.45) is 0 Å². The van der Waals surface area contributed by atoms with Gasteiger partial charge in [0.25, 0.3) is 0 Å². The molecule has 0 N–H and O–H groups in total. The minimum absolute atomic E-state index is 0.0854. The van der Waals surface area contributed by atoms with Crippen LogP contribution in [0.5, 0.6) is 5.75 Å². The summed E-state index contributed by atoms with van der Waals surface area (Å²) in [5.41, 5.74) is 2.97. The Morgan fingerprint density at radius 3 is 2.28 bits per heavy atom. The van der Waals surface area contributed by atoms with Gasteiger partial charge in [-0.25, -0.2) is 8.42 Å². The molecule has 1 aliphatic heterocycles. The van der Waals surface area contributed by atoms with Crippen LogP contribution in [0.15, 0.2) is 83.8 Å². The number of benzene rings is 3. The van der Waals surface area contributed by atoms with E-state index in [9.17, 15) is 8.42 Å². The van der Waals surface area contributed by atoms with Crippen molar-refractivity contribution in [3.63, 3.8) is 0 Å². The minimum Gasteiger partial charge on any atom is -0.497 e. The summed E-state index contributed by atoms with van der Waals surface area (Å²) in [6.45, 7) is 5.10. The zero-order chi connectivity index (χ0) is 25.4. The summed E-state index contributed by atoms with van der Waals surface area (Å²) in [7, 11) is -2.09. The van der Waals surface area contributed by atoms with Crippen LogP contribution in [0.3, 0.4) is 0 Å². The van der Waals surface area contributed by atoms with Gasteiger partial charge >= 0.3 is 0 Å². The van der Waals surface area contributed by atoms with E-state index >= 15 is 0 Å². The molecule has 0 spiro atoms. The number of sulfonamides is 1. The van der Waals surface area contributed by atoms with Gasteiger partial charge in [0.2, 0.25) is 10.0 Å². The predicted molar refractivity (Wildman–Crippen MR) is 141 cm³/mol. The zero-order valence-electron chi connectivity index (χ0n) is 20.8. The first-order chi connectivity index (χ1) is 17.5. The van der Waals surface area contributed by atoms with Crippen LogP contribution in [0, 0.1) is 18.8 Å². The van der Waals surface area contributed by atoms with E-state index in [1.807, 2.05) is 73.7 Å². The molecule has 7 heteroatoms. The van der Waals surface area contributed by atoms with Gasteiger partial charge in [0.05, 0.1) is 37.8 Å². The van der Waals surface area contributed by atoms with Crippen molar-refractivity contribution in [3.05, 3.63) is 95.6 Å². The van der Waals surface area contributed by atoms with E-state index < -0.39 is 10.0 Å². The van der Waals surface area contributed by atoms with Gasteiger partial charge in [0.1, 0.15) is 5.75 Å². The second-order valence-corrected chi connectivity index (χ2v) is 10.7. The van der Waals surface area contributed by atoms with Crippen LogP contribution in [-0.4, -0.2) is 57.6 Å². The molecule has 1 atom stereocenters. The highest BCUT2D eigenvalue weighted by atomic mass is 32.2. The molecule has 1 aliphatic rings. The van der Waals surface area contributed by atoms with Crippen molar-refractivity contribution >= 4 is 10.0 Å². The maximum Gasteiger partial charge on any atom is 0.244 e. The summed E-state index contributed by atoms with van der Waals surface area (Å²) in [5, 5.41) is 0. The molecule has 0 amide bonds. The zero-order valence-corrected chi connectivity index (χ0v) is 21.6. The molecule has 36 heavy (non-hydrogen) atoms. The maximum absolute atomic E-state index is 13.6. The number of nitrogens with zero attached hydrogens (tertiary/aromatic N) is 2. The van der Waals surface area contributed by atoms with E-state index in [0.717, 1.165) is 35.5 Å². The number of morpholine rings is 1. The average molecular weight is 505 g/mol. The monoisotopic (exact) mass is 504 g/mol. The van der Waals surface area contributed by atoms with Crippen molar-refractivity contribution in [2.75, 3.05) is 40.0 Å². The standard InChI is InChI=1S/C29H32N2O4S/c1-24-10-16-28(17-11-24)36(32,33)31(23-25-7-4-3-5-8-25)18-6-9-29(30-19-21-35-22-20-30)26-12-14-27(34-2)15-13-26/h3-5,7-8,10-17,29H,18-23H2,1-2H3. The Morgan fingerprint density at radius 1 is 0.972 bits per heavy atom. The molecule has 3 aromatic carbocycles. The second-order valence-electron chi connectivity index (χ2n) is 8.72. The van der Waals surface area contributed by atoms with Crippen LogP contribution in [0.1, 0.15) is 22.7 Å². The summed E-state index contributed by atoms with van der Waals surface area (Å²) in [5.74, 6) is 7.35. The lowest BCUT2D eigenvalue weighted by molar-refractivity contribution is 0.0269. The molecule has 0 bridgehead atoms. The van der Waals surface area contributed by atoms with E-state index in [0.29, 0.717) is 13.2 Å². The smallest absolute Gasteiger partial charge is 0.244 e. The van der Waals surface area contributed by atoms with Gasteiger partial charge in [-0.3, -0.25) is 4.90 Å². The van der Waals surface area contributed by atoms with Crippen molar-refractivity contribution < 1.29 is 17.9 Å². The van der Waals surface area contributed by atoms with Crippen LogP contribution in [-0.2, 0) is 21.3 Å². The molecule has 1 unspecified atom stereocenters. The Labute approximate surface area is 214 Å². The third-order valence-corrected chi connectivity index (χ3v) is 8.00. The van der Waals surface area contributed by atoms with Crippen molar-refractivity contribution in [1.82, 2.24) is 9.21 Å². The van der Waals surface area contributed by atoms with Crippen molar-refractivity contribution in [1.29, 1.82) is 0 Å². The lowest BCUT2D eigenvalue weighted by Gasteiger charge is -2.32.